The molecule has 2 atom stereocenters. The highest BCUT2D eigenvalue weighted by Gasteiger charge is 2.19. The van der Waals surface area contributed by atoms with E-state index in [0.29, 0.717) is 4.90 Å². The van der Waals surface area contributed by atoms with Gasteiger partial charge in [0.15, 0.2) is 4.90 Å². The zero-order chi connectivity index (χ0) is 11.3. The van der Waals surface area contributed by atoms with E-state index < -0.39 is 23.3 Å². The lowest BCUT2D eigenvalue weighted by atomic mass is 10.3. The number of thiol groups is 1. The van der Waals surface area contributed by atoms with Crippen molar-refractivity contribution in [3.63, 3.8) is 0 Å². The van der Waals surface area contributed by atoms with Crippen LogP contribution in [0.5, 0.6) is 0 Å². The largest absolute Gasteiger partial charge is 0.588 e. The van der Waals surface area contributed by atoms with Crippen molar-refractivity contribution in [2.24, 2.45) is 5.73 Å². The molecule has 0 heterocycles. The second kappa shape index (κ2) is 6.02. The number of hydrogen-bond acceptors (Lipinski definition) is 4. The molecular weight excluding hydrogens is 232 g/mol. The van der Waals surface area contributed by atoms with Gasteiger partial charge in [-0.15, -0.1) is 0 Å². The Hall–Kier alpha value is -0.690. The molecule has 0 aliphatic heterocycles. The average Bonchev–Trinajstić information content (AvgIpc) is 2.29. The summed E-state index contributed by atoms with van der Waals surface area (Å²) >= 11 is 2.33. The van der Waals surface area contributed by atoms with Gasteiger partial charge in [0.25, 0.3) is 5.91 Å². The van der Waals surface area contributed by atoms with Crippen LogP contribution in [0, 0.1) is 0 Å². The van der Waals surface area contributed by atoms with Crippen LogP contribution >= 0.6 is 12.6 Å². The monoisotopic (exact) mass is 244 g/mol. The molecule has 6 heteroatoms. The van der Waals surface area contributed by atoms with Gasteiger partial charge < -0.3 is 10.3 Å². The predicted molar refractivity (Wildman–Crippen MR) is 62.8 cm³/mol. The molecule has 0 aliphatic carbocycles. The van der Waals surface area contributed by atoms with Gasteiger partial charge in [-0.2, -0.15) is 17.4 Å². The van der Waals surface area contributed by atoms with Gasteiger partial charge in [-0.3, -0.25) is 4.79 Å². The predicted octanol–water partition coefficient (Wildman–Crippen LogP) is 0.0825. The zero-order valence-corrected chi connectivity index (χ0v) is 9.63. The van der Waals surface area contributed by atoms with Crippen LogP contribution in [0.1, 0.15) is 0 Å². The Balaban J connectivity index is 2.56. The highest BCUT2D eigenvalue weighted by atomic mass is 32.2. The van der Waals surface area contributed by atoms with E-state index in [0.717, 1.165) is 0 Å². The third-order valence-corrected chi connectivity index (χ3v) is 3.16. The summed E-state index contributed by atoms with van der Waals surface area (Å²) in [7, 11) is 0. The Labute approximate surface area is 97.0 Å². The highest BCUT2D eigenvalue weighted by Crippen LogP contribution is 2.06. The van der Waals surface area contributed by atoms with Crippen molar-refractivity contribution in [3.05, 3.63) is 30.3 Å². The Kier molecular flexibility index (Phi) is 4.97. The van der Waals surface area contributed by atoms with Crippen LogP contribution in [0.2, 0.25) is 0 Å². The second-order valence-electron chi connectivity index (χ2n) is 2.84. The van der Waals surface area contributed by atoms with Crippen LogP contribution in [0.15, 0.2) is 35.2 Å². The molecule has 1 amide bonds. The van der Waals surface area contributed by atoms with Crippen molar-refractivity contribution in [1.82, 2.24) is 4.72 Å². The minimum Gasteiger partial charge on any atom is -0.588 e. The maximum atomic E-state index is 11.6. The fraction of sp³-hybridized carbons (Fsp3) is 0.222. The Morgan fingerprint density at radius 3 is 2.67 bits per heavy atom. The highest BCUT2D eigenvalue weighted by molar-refractivity contribution is 7.90. The summed E-state index contributed by atoms with van der Waals surface area (Å²) in [6.07, 6.45) is 0. The standard InChI is InChI=1S/C9H12N2O2S2/c10-8(6-14)9(12)11-15(13)7-4-2-1-3-5-7/h1-5,8,14H,6,10H2,(H,11,12). The van der Waals surface area contributed by atoms with Crippen molar-refractivity contribution in [2.45, 2.75) is 10.9 Å². The minimum atomic E-state index is -1.55. The topological polar surface area (TPSA) is 78.2 Å². The van der Waals surface area contributed by atoms with Gasteiger partial charge in [-0.05, 0) is 12.1 Å². The normalized spacial score (nSPS) is 14.3. The van der Waals surface area contributed by atoms with E-state index in [4.69, 9.17) is 5.73 Å². The number of carbonyl (C=O) groups excluding carboxylic acids is 1. The average molecular weight is 244 g/mol. The van der Waals surface area contributed by atoms with Gasteiger partial charge >= 0.3 is 0 Å². The SMILES string of the molecule is NC(CS)C(=O)N[S+]([O-])c1ccccc1. The molecule has 0 bridgehead atoms. The van der Waals surface area contributed by atoms with E-state index in [1.165, 1.54) is 0 Å². The Morgan fingerprint density at radius 1 is 1.53 bits per heavy atom. The zero-order valence-electron chi connectivity index (χ0n) is 7.92. The lowest BCUT2D eigenvalue weighted by Crippen LogP contribution is -2.44. The molecular formula is C9H12N2O2S2. The van der Waals surface area contributed by atoms with Crippen molar-refractivity contribution < 1.29 is 9.35 Å². The number of hydrogen-bond donors (Lipinski definition) is 3. The molecule has 82 valence electrons. The van der Waals surface area contributed by atoms with Crippen molar-refractivity contribution in [2.75, 3.05) is 5.75 Å². The third-order valence-electron chi connectivity index (χ3n) is 1.68. The molecule has 0 radical (unpaired) electrons. The van der Waals surface area contributed by atoms with Crippen LogP contribution in [0.25, 0.3) is 0 Å². The molecule has 1 aromatic carbocycles. The van der Waals surface area contributed by atoms with Gasteiger partial charge in [0.05, 0.1) is 6.04 Å². The maximum absolute atomic E-state index is 11.6. The van der Waals surface area contributed by atoms with Crippen molar-refractivity contribution >= 4 is 29.9 Å². The number of amides is 1. The fourth-order valence-electron chi connectivity index (χ4n) is 0.853. The number of nitrogens with one attached hydrogen (secondary N) is 1. The van der Waals surface area contributed by atoms with E-state index in [1.54, 1.807) is 24.3 Å². The molecule has 4 nitrogen and oxygen atoms in total. The summed E-state index contributed by atoms with van der Waals surface area (Å²) in [5.74, 6) is -0.246. The molecule has 0 aliphatic rings. The first kappa shape index (κ1) is 12.4. The van der Waals surface area contributed by atoms with Gasteiger partial charge in [0.2, 0.25) is 0 Å². The van der Waals surface area contributed by atoms with Crippen LogP contribution in [0.4, 0.5) is 0 Å². The molecule has 0 saturated heterocycles. The first-order valence-corrected chi connectivity index (χ1v) is 6.07. The third kappa shape index (κ3) is 3.75. The summed E-state index contributed by atoms with van der Waals surface area (Å²) in [6, 6.07) is 7.91. The quantitative estimate of drug-likeness (QED) is 0.518. The van der Waals surface area contributed by atoms with Crippen LogP contribution in [0.3, 0.4) is 0 Å². The molecule has 3 N–H and O–H groups in total. The summed E-state index contributed by atoms with van der Waals surface area (Å²) in [5.41, 5.74) is 5.42. The summed E-state index contributed by atoms with van der Waals surface area (Å²) in [6.45, 7) is 0. The molecule has 1 rings (SSSR count). The van der Waals surface area contributed by atoms with Gasteiger partial charge in [-0.1, -0.05) is 18.2 Å². The molecule has 0 fully saturated rings. The smallest absolute Gasteiger partial charge is 0.279 e. The van der Waals surface area contributed by atoms with E-state index in [2.05, 4.69) is 17.4 Å². The Bertz CT molecular complexity index is 321. The van der Waals surface area contributed by atoms with E-state index >= 15 is 0 Å². The van der Waals surface area contributed by atoms with Crippen LogP contribution in [-0.2, 0) is 16.2 Å². The van der Waals surface area contributed by atoms with Crippen molar-refractivity contribution in [1.29, 1.82) is 0 Å². The van der Waals surface area contributed by atoms with Gasteiger partial charge in [0, 0.05) is 5.75 Å². The number of benzene rings is 1. The van der Waals surface area contributed by atoms with E-state index in [-0.39, 0.29) is 5.75 Å². The summed E-state index contributed by atoms with van der Waals surface area (Å²) < 4.78 is 13.9. The molecule has 2 unspecified atom stereocenters. The number of carbonyl (C=O) groups is 1. The van der Waals surface area contributed by atoms with Crippen LogP contribution < -0.4 is 10.5 Å². The fourth-order valence-corrected chi connectivity index (χ4v) is 1.88. The number of rotatable bonds is 4. The van der Waals surface area contributed by atoms with E-state index in [9.17, 15) is 9.35 Å². The Morgan fingerprint density at radius 2 is 2.13 bits per heavy atom. The first-order valence-electron chi connectivity index (χ1n) is 4.29. The molecule has 0 spiro atoms. The maximum Gasteiger partial charge on any atom is 0.279 e. The molecule has 15 heavy (non-hydrogen) atoms. The van der Waals surface area contributed by atoms with Crippen LogP contribution in [-0.4, -0.2) is 22.3 Å². The lowest BCUT2D eigenvalue weighted by molar-refractivity contribution is -0.120. The van der Waals surface area contributed by atoms with Gasteiger partial charge in [-0.25, -0.2) is 0 Å². The first-order chi connectivity index (χ1) is 7.15. The van der Waals surface area contributed by atoms with Gasteiger partial charge in [0.1, 0.15) is 11.4 Å². The number of nitrogens with two attached hydrogens (primary N) is 1. The second-order valence-corrected chi connectivity index (χ2v) is 4.42. The minimum absolute atomic E-state index is 0.220. The van der Waals surface area contributed by atoms with Crippen molar-refractivity contribution in [3.8, 4) is 0 Å². The molecule has 0 saturated carbocycles. The molecule has 0 aromatic heterocycles. The lowest BCUT2D eigenvalue weighted by Gasteiger charge is -2.12. The summed E-state index contributed by atoms with van der Waals surface area (Å²) in [4.78, 5) is 11.8. The van der Waals surface area contributed by atoms with E-state index in [1.807, 2.05) is 6.07 Å². The summed E-state index contributed by atoms with van der Waals surface area (Å²) in [5, 5.41) is 0. The molecule has 1 aromatic rings.